The lowest BCUT2D eigenvalue weighted by Gasteiger charge is -2.10. The molecule has 2 aromatic rings. The summed E-state index contributed by atoms with van der Waals surface area (Å²) >= 11 is 0. The fourth-order valence-corrected chi connectivity index (χ4v) is 1.74. The Kier molecular flexibility index (Phi) is 4.18. The third kappa shape index (κ3) is 3.56. The third-order valence-corrected chi connectivity index (χ3v) is 2.90. The first-order valence-electron chi connectivity index (χ1n) is 6.37. The van der Waals surface area contributed by atoms with E-state index < -0.39 is 11.8 Å². The van der Waals surface area contributed by atoms with E-state index in [4.69, 9.17) is 5.73 Å². The highest BCUT2D eigenvalue weighted by molar-refractivity contribution is 6.43. The molecule has 0 bridgehead atoms. The van der Waals surface area contributed by atoms with E-state index in [1.54, 1.807) is 37.4 Å². The molecular formula is C15H16N4O2. The van der Waals surface area contributed by atoms with E-state index in [9.17, 15) is 9.59 Å². The van der Waals surface area contributed by atoms with Crippen LogP contribution in [0.3, 0.4) is 0 Å². The zero-order chi connectivity index (χ0) is 15.4. The maximum Gasteiger partial charge on any atom is 0.315 e. The van der Waals surface area contributed by atoms with Gasteiger partial charge in [-0.05, 0) is 43.2 Å². The molecule has 21 heavy (non-hydrogen) atoms. The van der Waals surface area contributed by atoms with Gasteiger partial charge in [0.2, 0.25) is 0 Å². The van der Waals surface area contributed by atoms with Crippen LogP contribution < -0.4 is 16.4 Å². The summed E-state index contributed by atoms with van der Waals surface area (Å²) in [6, 6.07) is 8.73. The van der Waals surface area contributed by atoms with Crippen molar-refractivity contribution in [2.24, 2.45) is 0 Å². The summed E-state index contributed by atoms with van der Waals surface area (Å²) in [5.74, 6) is -1.23. The van der Waals surface area contributed by atoms with E-state index >= 15 is 0 Å². The summed E-state index contributed by atoms with van der Waals surface area (Å²) in [7, 11) is 0. The Morgan fingerprint density at radius 3 is 2.52 bits per heavy atom. The highest BCUT2D eigenvalue weighted by atomic mass is 16.2. The van der Waals surface area contributed by atoms with Crippen molar-refractivity contribution in [3.8, 4) is 0 Å². The van der Waals surface area contributed by atoms with Gasteiger partial charge in [-0.15, -0.1) is 0 Å². The number of aromatic nitrogens is 1. The maximum absolute atomic E-state index is 11.9. The summed E-state index contributed by atoms with van der Waals surface area (Å²) in [5.41, 5.74) is 8.27. The van der Waals surface area contributed by atoms with Crippen LogP contribution in [0.15, 0.2) is 36.5 Å². The zero-order valence-electron chi connectivity index (χ0n) is 11.8. The van der Waals surface area contributed by atoms with Crippen LogP contribution in [0, 0.1) is 13.8 Å². The molecular weight excluding hydrogens is 268 g/mol. The van der Waals surface area contributed by atoms with E-state index in [0.29, 0.717) is 17.2 Å². The van der Waals surface area contributed by atoms with Crippen LogP contribution in [-0.4, -0.2) is 16.8 Å². The molecule has 0 aliphatic carbocycles. The largest absolute Gasteiger partial charge is 0.397 e. The van der Waals surface area contributed by atoms with Gasteiger partial charge in [-0.3, -0.25) is 9.59 Å². The number of carbonyl (C=O) groups is 2. The number of nitrogen functional groups attached to an aromatic ring is 1. The van der Waals surface area contributed by atoms with E-state index in [-0.39, 0.29) is 0 Å². The molecule has 0 aliphatic rings. The van der Waals surface area contributed by atoms with Gasteiger partial charge >= 0.3 is 11.8 Å². The van der Waals surface area contributed by atoms with Crippen LogP contribution in [0.2, 0.25) is 0 Å². The Morgan fingerprint density at radius 1 is 1.10 bits per heavy atom. The van der Waals surface area contributed by atoms with Gasteiger partial charge in [0.05, 0.1) is 11.4 Å². The van der Waals surface area contributed by atoms with Crippen LogP contribution in [0.1, 0.15) is 11.1 Å². The molecule has 0 saturated carbocycles. The van der Waals surface area contributed by atoms with Crippen molar-refractivity contribution in [2.45, 2.75) is 13.8 Å². The Hall–Kier alpha value is -2.89. The number of nitrogens with two attached hydrogens (primary N) is 1. The van der Waals surface area contributed by atoms with Gasteiger partial charge in [0.15, 0.2) is 0 Å². The highest BCUT2D eigenvalue weighted by Gasteiger charge is 2.16. The SMILES string of the molecule is Cc1ccc(N)c(NC(=O)C(=O)Nc2ncccc2C)c1. The molecule has 6 nitrogen and oxygen atoms in total. The van der Waals surface area contributed by atoms with Gasteiger partial charge in [-0.1, -0.05) is 12.1 Å². The molecule has 0 aliphatic heterocycles. The standard InChI is InChI=1S/C15H16N4O2/c1-9-5-6-11(16)12(8-9)18-14(20)15(21)19-13-10(2)4-3-7-17-13/h3-8H,16H2,1-2H3,(H,18,20)(H,17,19,21). The minimum absolute atomic E-state index is 0.356. The number of pyridine rings is 1. The first-order chi connectivity index (χ1) is 9.97. The molecule has 1 heterocycles. The summed E-state index contributed by atoms with van der Waals surface area (Å²) in [6.45, 7) is 3.66. The van der Waals surface area contributed by atoms with Crippen LogP contribution in [0.25, 0.3) is 0 Å². The maximum atomic E-state index is 11.9. The topological polar surface area (TPSA) is 97.1 Å². The second-order valence-electron chi connectivity index (χ2n) is 4.67. The second kappa shape index (κ2) is 6.04. The number of hydrogen-bond donors (Lipinski definition) is 3. The fraction of sp³-hybridized carbons (Fsp3) is 0.133. The first kappa shape index (κ1) is 14.5. The number of rotatable bonds is 2. The minimum Gasteiger partial charge on any atom is -0.397 e. The van der Waals surface area contributed by atoms with Gasteiger partial charge in [0, 0.05) is 6.20 Å². The van der Waals surface area contributed by atoms with Crippen LogP contribution in [-0.2, 0) is 9.59 Å². The van der Waals surface area contributed by atoms with Crippen molar-refractivity contribution in [3.63, 3.8) is 0 Å². The highest BCUT2D eigenvalue weighted by Crippen LogP contribution is 2.19. The molecule has 0 unspecified atom stereocenters. The third-order valence-electron chi connectivity index (χ3n) is 2.90. The summed E-state index contributed by atoms with van der Waals surface area (Å²) < 4.78 is 0. The summed E-state index contributed by atoms with van der Waals surface area (Å²) in [5, 5.41) is 4.95. The first-order valence-corrected chi connectivity index (χ1v) is 6.37. The van der Waals surface area contributed by atoms with E-state index in [1.807, 2.05) is 13.0 Å². The van der Waals surface area contributed by atoms with Crippen LogP contribution in [0.5, 0.6) is 0 Å². The van der Waals surface area contributed by atoms with Crippen molar-refractivity contribution in [3.05, 3.63) is 47.7 Å². The number of carbonyl (C=O) groups excluding carboxylic acids is 2. The summed E-state index contributed by atoms with van der Waals surface area (Å²) in [6.07, 6.45) is 1.54. The molecule has 0 saturated heterocycles. The van der Waals surface area contributed by atoms with Crippen molar-refractivity contribution in [1.82, 2.24) is 4.98 Å². The Labute approximate surface area is 122 Å². The molecule has 1 aromatic heterocycles. The number of nitrogens with zero attached hydrogens (tertiary/aromatic N) is 1. The van der Waals surface area contributed by atoms with Gasteiger partial charge in [-0.2, -0.15) is 0 Å². The molecule has 0 spiro atoms. The van der Waals surface area contributed by atoms with Crippen molar-refractivity contribution >= 4 is 29.0 Å². The number of anilines is 3. The number of hydrogen-bond acceptors (Lipinski definition) is 4. The molecule has 2 amide bonds. The van der Waals surface area contributed by atoms with Gasteiger partial charge in [0.1, 0.15) is 5.82 Å². The number of aryl methyl sites for hydroxylation is 2. The molecule has 0 atom stereocenters. The second-order valence-corrected chi connectivity index (χ2v) is 4.67. The number of amides is 2. The predicted octanol–water partition coefficient (Wildman–Crippen LogP) is 1.86. The Bertz CT molecular complexity index is 698. The number of benzene rings is 1. The van der Waals surface area contributed by atoms with E-state index in [1.165, 1.54) is 0 Å². The van der Waals surface area contributed by atoms with Gasteiger partial charge in [-0.25, -0.2) is 4.98 Å². The normalized spacial score (nSPS) is 10.0. The van der Waals surface area contributed by atoms with Gasteiger partial charge in [0.25, 0.3) is 0 Å². The molecule has 1 aromatic carbocycles. The smallest absolute Gasteiger partial charge is 0.315 e. The zero-order valence-corrected chi connectivity index (χ0v) is 11.8. The monoisotopic (exact) mass is 284 g/mol. The van der Waals surface area contributed by atoms with Crippen molar-refractivity contribution < 1.29 is 9.59 Å². The van der Waals surface area contributed by atoms with Crippen LogP contribution >= 0.6 is 0 Å². The molecule has 6 heteroatoms. The Morgan fingerprint density at radius 2 is 1.81 bits per heavy atom. The quantitative estimate of drug-likeness (QED) is 0.579. The van der Waals surface area contributed by atoms with Crippen molar-refractivity contribution in [2.75, 3.05) is 16.4 Å². The Balaban J connectivity index is 2.08. The molecule has 0 fully saturated rings. The van der Waals surface area contributed by atoms with Crippen LogP contribution in [0.4, 0.5) is 17.2 Å². The molecule has 0 radical (unpaired) electrons. The lowest BCUT2D eigenvalue weighted by molar-refractivity contribution is -0.133. The lowest BCUT2D eigenvalue weighted by atomic mass is 10.2. The molecule has 4 N–H and O–H groups in total. The van der Waals surface area contributed by atoms with E-state index in [2.05, 4.69) is 15.6 Å². The average Bonchev–Trinajstić information content (AvgIpc) is 2.45. The minimum atomic E-state index is -0.794. The van der Waals surface area contributed by atoms with Gasteiger partial charge < -0.3 is 16.4 Å². The van der Waals surface area contributed by atoms with Crippen molar-refractivity contribution in [1.29, 1.82) is 0 Å². The molecule has 108 valence electrons. The predicted molar refractivity (Wildman–Crippen MR) is 81.8 cm³/mol. The average molecular weight is 284 g/mol. The molecule has 2 rings (SSSR count). The number of nitrogens with one attached hydrogen (secondary N) is 2. The van der Waals surface area contributed by atoms with E-state index in [0.717, 1.165) is 11.1 Å². The summed E-state index contributed by atoms with van der Waals surface area (Å²) in [4.78, 5) is 27.7. The lowest BCUT2D eigenvalue weighted by Crippen LogP contribution is -2.30. The fourth-order valence-electron chi connectivity index (χ4n) is 1.74.